The van der Waals surface area contributed by atoms with Crippen molar-refractivity contribution in [2.45, 2.75) is 0 Å². The smallest absolute Gasteiger partial charge is 0.00203 e. The maximum Gasteiger partial charge on any atom is -0.00203 e. The number of benzene rings is 5. The van der Waals surface area contributed by atoms with Crippen LogP contribution in [0.1, 0.15) is 22.3 Å². The van der Waals surface area contributed by atoms with E-state index in [0.29, 0.717) is 0 Å². The van der Waals surface area contributed by atoms with E-state index < -0.39 is 0 Å². The third kappa shape index (κ3) is 3.74. The van der Waals surface area contributed by atoms with Gasteiger partial charge in [-0.1, -0.05) is 148 Å². The quantitative estimate of drug-likeness (QED) is 0.227. The maximum absolute atomic E-state index is 4.24. The summed E-state index contributed by atoms with van der Waals surface area (Å²) in [6, 6.07) is 33.9. The zero-order chi connectivity index (χ0) is 25.1. The van der Waals surface area contributed by atoms with Crippen molar-refractivity contribution < 1.29 is 0 Å². The number of rotatable bonds is 7. The van der Waals surface area contributed by atoms with Gasteiger partial charge in [-0.3, -0.25) is 0 Å². The molecule has 0 N–H and O–H groups in total. The standard InChI is InChI=1S/C36H28/c1-5-27-28(6-2)34(24-23-31(27)25-17-11-9-12-18-25)36-30(8-4)29(7-3)35(26-19-13-10-14-20-26)32-21-15-16-22-33(32)36/h5-24H,1-4H2. The van der Waals surface area contributed by atoms with Gasteiger partial charge in [0, 0.05) is 0 Å². The van der Waals surface area contributed by atoms with Gasteiger partial charge in [-0.25, -0.2) is 0 Å². The number of hydrogen-bond acceptors (Lipinski definition) is 0. The van der Waals surface area contributed by atoms with E-state index in [4.69, 9.17) is 0 Å². The third-order valence-electron chi connectivity index (χ3n) is 6.81. The molecule has 0 aliphatic carbocycles. The fourth-order valence-corrected chi connectivity index (χ4v) is 5.27. The lowest BCUT2D eigenvalue weighted by Crippen LogP contribution is -1.99. The lowest BCUT2D eigenvalue weighted by Gasteiger charge is -2.22. The van der Waals surface area contributed by atoms with Crippen LogP contribution in [0, 0.1) is 0 Å². The minimum Gasteiger partial charge on any atom is -0.0984 e. The summed E-state index contributed by atoms with van der Waals surface area (Å²) >= 11 is 0. The fraction of sp³-hybridized carbons (Fsp3) is 0. The molecule has 0 aliphatic heterocycles. The average Bonchev–Trinajstić information content (AvgIpc) is 2.95. The molecule has 0 aliphatic rings. The van der Waals surface area contributed by atoms with E-state index >= 15 is 0 Å². The molecule has 0 aromatic heterocycles. The van der Waals surface area contributed by atoms with Crippen molar-refractivity contribution in [3.63, 3.8) is 0 Å². The molecule has 0 heterocycles. The molecule has 36 heavy (non-hydrogen) atoms. The van der Waals surface area contributed by atoms with E-state index in [-0.39, 0.29) is 0 Å². The molecular weight excluding hydrogens is 432 g/mol. The van der Waals surface area contributed by atoms with Crippen LogP contribution >= 0.6 is 0 Å². The third-order valence-corrected chi connectivity index (χ3v) is 6.81. The molecule has 0 spiro atoms. The van der Waals surface area contributed by atoms with Gasteiger partial charge < -0.3 is 0 Å². The molecule has 5 rings (SSSR count). The Kier molecular flexibility index (Phi) is 6.34. The molecular formula is C36H28. The Balaban J connectivity index is 1.92. The first-order chi connectivity index (χ1) is 17.7. The van der Waals surface area contributed by atoms with Crippen molar-refractivity contribution in [2.75, 3.05) is 0 Å². The van der Waals surface area contributed by atoms with Crippen LogP contribution in [0.4, 0.5) is 0 Å². The second-order valence-electron chi connectivity index (χ2n) is 8.66. The second kappa shape index (κ2) is 9.90. The van der Waals surface area contributed by atoms with Crippen molar-refractivity contribution in [2.24, 2.45) is 0 Å². The summed E-state index contributed by atoms with van der Waals surface area (Å²) in [5.41, 5.74) is 11.1. The van der Waals surface area contributed by atoms with Crippen molar-refractivity contribution in [3.05, 3.63) is 146 Å². The van der Waals surface area contributed by atoms with E-state index in [9.17, 15) is 0 Å². The summed E-state index contributed by atoms with van der Waals surface area (Å²) in [6.07, 6.45) is 7.79. The molecule has 0 saturated heterocycles. The first-order valence-electron chi connectivity index (χ1n) is 12.1. The van der Waals surface area contributed by atoms with Gasteiger partial charge in [-0.2, -0.15) is 0 Å². The van der Waals surface area contributed by atoms with Crippen LogP contribution in [-0.2, 0) is 0 Å². The topological polar surface area (TPSA) is 0 Å². The molecule has 0 radical (unpaired) electrons. The molecule has 5 aromatic carbocycles. The predicted molar refractivity (Wildman–Crippen MR) is 161 cm³/mol. The Hall–Kier alpha value is -4.68. The molecule has 0 heteroatoms. The summed E-state index contributed by atoms with van der Waals surface area (Å²) in [5.74, 6) is 0. The lowest BCUT2D eigenvalue weighted by molar-refractivity contribution is 1.54. The largest absolute Gasteiger partial charge is 0.0984 e. The molecule has 172 valence electrons. The van der Waals surface area contributed by atoms with Crippen LogP contribution in [0.15, 0.2) is 123 Å². The van der Waals surface area contributed by atoms with Gasteiger partial charge in [-0.15, -0.1) is 0 Å². The van der Waals surface area contributed by atoms with Gasteiger partial charge in [0.05, 0.1) is 0 Å². The first-order valence-corrected chi connectivity index (χ1v) is 12.1. The molecule has 5 aromatic rings. The number of hydrogen-bond donors (Lipinski definition) is 0. The van der Waals surface area contributed by atoms with Gasteiger partial charge in [-0.05, 0) is 66.4 Å². The van der Waals surface area contributed by atoms with Crippen LogP contribution < -0.4 is 0 Å². The van der Waals surface area contributed by atoms with Gasteiger partial charge in [0.15, 0.2) is 0 Å². The highest BCUT2D eigenvalue weighted by Gasteiger charge is 2.21. The zero-order valence-corrected chi connectivity index (χ0v) is 20.4. The van der Waals surface area contributed by atoms with Crippen LogP contribution in [0.3, 0.4) is 0 Å². The molecule has 0 fully saturated rings. The normalized spacial score (nSPS) is 10.7. The molecule has 0 atom stereocenters. The summed E-state index contributed by atoms with van der Waals surface area (Å²) in [5, 5.41) is 2.35. The highest BCUT2D eigenvalue weighted by molar-refractivity contribution is 6.12. The first kappa shape index (κ1) is 23.1. The van der Waals surface area contributed by atoms with Crippen molar-refractivity contribution in [3.8, 4) is 33.4 Å². The second-order valence-corrected chi connectivity index (χ2v) is 8.66. The summed E-state index contributed by atoms with van der Waals surface area (Å²) < 4.78 is 0. The van der Waals surface area contributed by atoms with Crippen LogP contribution in [0.5, 0.6) is 0 Å². The van der Waals surface area contributed by atoms with E-state index in [1.165, 1.54) is 16.3 Å². The van der Waals surface area contributed by atoms with Crippen molar-refractivity contribution in [1.29, 1.82) is 0 Å². The van der Waals surface area contributed by atoms with Crippen LogP contribution in [0.25, 0.3) is 68.5 Å². The van der Waals surface area contributed by atoms with E-state index in [0.717, 1.165) is 50.1 Å². The van der Waals surface area contributed by atoms with Gasteiger partial charge in [0.2, 0.25) is 0 Å². The molecule has 0 amide bonds. The van der Waals surface area contributed by atoms with Crippen molar-refractivity contribution in [1.82, 2.24) is 0 Å². The molecule has 0 bridgehead atoms. The Labute approximate surface area is 213 Å². The lowest BCUT2D eigenvalue weighted by atomic mass is 9.81. The minimum atomic E-state index is 1.06. The average molecular weight is 461 g/mol. The zero-order valence-electron chi connectivity index (χ0n) is 20.4. The molecule has 0 nitrogen and oxygen atoms in total. The van der Waals surface area contributed by atoms with E-state index in [1.54, 1.807) is 0 Å². The van der Waals surface area contributed by atoms with Gasteiger partial charge in [0.25, 0.3) is 0 Å². The Morgan fingerprint density at radius 1 is 0.361 bits per heavy atom. The minimum absolute atomic E-state index is 1.06. The predicted octanol–water partition coefficient (Wildman–Crippen LogP) is 10.4. The van der Waals surface area contributed by atoms with E-state index in [2.05, 4.69) is 111 Å². The molecule has 0 unspecified atom stereocenters. The highest BCUT2D eigenvalue weighted by atomic mass is 14.2. The van der Waals surface area contributed by atoms with Crippen LogP contribution in [0.2, 0.25) is 0 Å². The maximum atomic E-state index is 4.24. The van der Waals surface area contributed by atoms with Crippen LogP contribution in [-0.4, -0.2) is 0 Å². The Morgan fingerprint density at radius 2 is 0.778 bits per heavy atom. The van der Waals surface area contributed by atoms with Crippen molar-refractivity contribution >= 4 is 35.1 Å². The van der Waals surface area contributed by atoms with Gasteiger partial charge in [0.1, 0.15) is 0 Å². The number of fused-ring (bicyclic) bond motifs is 1. The van der Waals surface area contributed by atoms with Gasteiger partial charge >= 0.3 is 0 Å². The summed E-state index contributed by atoms with van der Waals surface area (Å²) in [4.78, 5) is 0. The Morgan fingerprint density at radius 3 is 1.33 bits per heavy atom. The van der Waals surface area contributed by atoms with E-state index in [1.807, 2.05) is 36.4 Å². The monoisotopic (exact) mass is 460 g/mol. The highest BCUT2D eigenvalue weighted by Crippen LogP contribution is 2.45. The SMILES string of the molecule is C=Cc1c(-c2ccccc2)ccc(-c2c(C=C)c(C=C)c(-c3ccccc3)c3ccccc23)c1C=C. The summed E-state index contributed by atoms with van der Waals surface area (Å²) in [7, 11) is 0. The molecule has 0 saturated carbocycles. The fourth-order valence-electron chi connectivity index (χ4n) is 5.27. The Bertz CT molecular complexity index is 1620. The summed E-state index contributed by atoms with van der Waals surface area (Å²) in [6.45, 7) is 16.8.